The summed E-state index contributed by atoms with van der Waals surface area (Å²) >= 11 is 0. The molecule has 1 aromatic rings. The number of nitrogens with zero attached hydrogens (tertiary/aromatic N) is 3. The van der Waals surface area contributed by atoms with Crippen molar-refractivity contribution < 1.29 is 9.72 Å². The molecule has 6 heteroatoms. The van der Waals surface area contributed by atoms with Crippen LogP contribution < -0.4 is 0 Å². The Morgan fingerprint density at radius 2 is 2.00 bits per heavy atom. The van der Waals surface area contributed by atoms with Gasteiger partial charge in [-0.25, -0.2) is 4.57 Å². The number of rotatable bonds is 4. The summed E-state index contributed by atoms with van der Waals surface area (Å²) in [5, 5.41) is 10.6. The molecule has 6 nitrogen and oxygen atoms in total. The van der Waals surface area contributed by atoms with Gasteiger partial charge in [-0.05, 0) is 24.8 Å². The van der Waals surface area contributed by atoms with Crippen molar-refractivity contribution in [2.45, 2.75) is 13.8 Å². The van der Waals surface area contributed by atoms with Crippen LogP contribution in [0, 0.1) is 10.1 Å². The Morgan fingerprint density at radius 1 is 1.44 bits per heavy atom. The van der Waals surface area contributed by atoms with Crippen LogP contribution in [0.2, 0.25) is 0 Å². The Balaban J connectivity index is 3.05. The number of hydrogen-bond donors (Lipinski definition) is 0. The summed E-state index contributed by atoms with van der Waals surface area (Å²) in [6.07, 6.45) is 0. The molecule has 0 spiro atoms. The highest BCUT2D eigenvalue weighted by molar-refractivity contribution is 5.93. The van der Waals surface area contributed by atoms with Gasteiger partial charge in [-0.15, -0.1) is 0 Å². The predicted molar refractivity (Wildman–Crippen MR) is 59.3 cm³/mol. The van der Waals surface area contributed by atoms with Crippen molar-refractivity contribution >= 4 is 11.7 Å². The molecule has 0 fully saturated rings. The van der Waals surface area contributed by atoms with Gasteiger partial charge in [0.05, 0.1) is 7.05 Å². The van der Waals surface area contributed by atoms with Gasteiger partial charge in [0.15, 0.2) is 5.69 Å². The Labute approximate surface area is 93.6 Å². The zero-order valence-electron chi connectivity index (χ0n) is 9.64. The first-order valence-corrected chi connectivity index (χ1v) is 5.12. The standard InChI is InChI=1S/C10H15N3O3/c1-4-12(5-2)10(14)8-6-7-9(11(8)3)13(15)16/h6-7H,4-5H2,1-3H3. The first-order chi connectivity index (χ1) is 7.52. The van der Waals surface area contributed by atoms with Crippen molar-refractivity contribution in [1.82, 2.24) is 9.47 Å². The zero-order valence-corrected chi connectivity index (χ0v) is 9.64. The van der Waals surface area contributed by atoms with E-state index in [1.54, 1.807) is 4.90 Å². The van der Waals surface area contributed by atoms with E-state index in [1.165, 1.54) is 23.7 Å². The quantitative estimate of drug-likeness (QED) is 0.574. The van der Waals surface area contributed by atoms with Crippen molar-refractivity contribution in [2.75, 3.05) is 13.1 Å². The third-order valence-corrected chi connectivity index (χ3v) is 2.55. The fourth-order valence-corrected chi connectivity index (χ4v) is 1.57. The number of carbonyl (C=O) groups excluding carboxylic acids is 1. The smallest absolute Gasteiger partial charge is 0.323 e. The van der Waals surface area contributed by atoms with E-state index in [-0.39, 0.29) is 11.7 Å². The number of aromatic nitrogens is 1. The molecule has 0 aromatic carbocycles. The predicted octanol–water partition coefficient (Wildman–Crippen LogP) is 1.42. The Bertz CT molecular complexity index is 407. The summed E-state index contributed by atoms with van der Waals surface area (Å²) in [7, 11) is 1.52. The normalized spacial score (nSPS) is 10.2. The molecule has 0 saturated heterocycles. The van der Waals surface area contributed by atoms with E-state index in [1.807, 2.05) is 13.8 Å². The fourth-order valence-electron chi connectivity index (χ4n) is 1.57. The Hall–Kier alpha value is -1.85. The minimum atomic E-state index is -0.501. The lowest BCUT2D eigenvalue weighted by Crippen LogP contribution is -2.31. The first kappa shape index (κ1) is 12.2. The molecule has 88 valence electrons. The monoisotopic (exact) mass is 225 g/mol. The van der Waals surface area contributed by atoms with E-state index in [9.17, 15) is 14.9 Å². The van der Waals surface area contributed by atoms with E-state index in [0.29, 0.717) is 18.8 Å². The van der Waals surface area contributed by atoms with Crippen LogP contribution in [0.15, 0.2) is 12.1 Å². The summed E-state index contributed by atoms with van der Waals surface area (Å²) in [6.45, 7) is 4.93. The molecule has 0 aliphatic heterocycles. The summed E-state index contributed by atoms with van der Waals surface area (Å²) in [4.78, 5) is 23.7. The minimum Gasteiger partial charge on any atom is -0.358 e. The average molecular weight is 225 g/mol. The van der Waals surface area contributed by atoms with Crippen molar-refractivity contribution in [1.29, 1.82) is 0 Å². The minimum absolute atomic E-state index is 0.0736. The molecular formula is C10H15N3O3. The molecule has 1 amide bonds. The molecule has 0 unspecified atom stereocenters. The van der Waals surface area contributed by atoms with Gasteiger partial charge in [0, 0.05) is 19.2 Å². The zero-order chi connectivity index (χ0) is 12.3. The van der Waals surface area contributed by atoms with Gasteiger partial charge in [-0.2, -0.15) is 0 Å². The van der Waals surface area contributed by atoms with Crippen LogP contribution in [-0.2, 0) is 7.05 Å². The fraction of sp³-hybridized carbons (Fsp3) is 0.500. The molecule has 1 aromatic heterocycles. The van der Waals surface area contributed by atoms with Crippen molar-refractivity contribution in [2.24, 2.45) is 7.05 Å². The topological polar surface area (TPSA) is 68.4 Å². The maximum absolute atomic E-state index is 11.9. The number of amides is 1. The van der Waals surface area contributed by atoms with E-state index in [2.05, 4.69) is 0 Å². The maximum atomic E-state index is 11.9. The number of hydrogen-bond acceptors (Lipinski definition) is 3. The summed E-state index contributed by atoms with van der Waals surface area (Å²) in [6, 6.07) is 2.83. The molecule has 1 rings (SSSR count). The lowest BCUT2D eigenvalue weighted by Gasteiger charge is -2.17. The molecule has 0 radical (unpaired) electrons. The number of nitro groups is 1. The Morgan fingerprint density at radius 3 is 2.38 bits per heavy atom. The largest absolute Gasteiger partial charge is 0.358 e. The second-order valence-corrected chi connectivity index (χ2v) is 3.37. The molecule has 0 atom stereocenters. The second kappa shape index (κ2) is 4.78. The second-order valence-electron chi connectivity index (χ2n) is 3.37. The summed E-state index contributed by atoms with van der Waals surface area (Å²) in [5.41, 5.74) is 0.343. The molecule has 0 aliphatic rings. The first-order valence-electron chi connectivity index (χ1n) is 5.12. The molecule has 0 saturated carbocycles. The summed E-state index contributed by atoms with van der Waals surface area (Å²) in [5.74, 6) is -0.254. The summed E-state index contributed by atoms with van der Waals surface area (Å²) < 4.78 is 1.31. The molecule has 0 N–H and O–H groups in total. The van der Waals surface area contributed by atoms with E-state index >= 15 is 0 Å². The number of carbonyl (C=O) groups is 1. The third kappa shape index (κ3) is 2.05. The van der Waals surface area contributed by atoms with E-state index < -0.39 is 4.92 Å². The lowest BCUT2D eigenvalue weighted by molar-refractivity contribution is -0.391. The Kier molecular flexibility index (Phi) is 3.65. The van der Waals surface area contributed by atoms with Gasteiger partial charge >= 0.3 is 5.82 Å². The van der Waals surface area contributed by atoms with Crippen molar-refractivity contribution in [3.63, 3.8) is 0 Å². The van der Waals surface area contributed by atoms with Crippen LogP contribution in [0.3, 0.4) is 0 Å². The molecule has 1 heterocycles. The highest BCUT2D eigenvalue weighted by atomic mass is 16.6. The SMILES string of the molecule is CCN(CC)C(=O)c1ccc([N+](=O)[O-])n1C. The van der Waals surface area contributed by atoms with Gasteiger partial charge in [-0.1, -0.05) is 0 Å². The van der Waals surface area contributed by atoms with Crippen LogP contribution in [0.25, 0.3) is 0 Å². The third-order valence-electron chi connectivity index (χ3n) is 2.55. The van der Waals surface area contributed by atoms with Gasteiger partial charge in [0.1, 0.15) is 0 Å². The van der Waals surface area contributed by atoms with Crippen LogP contribution in [0.5, 0.6) is 0 Å². The molecule has 0 bridgehead atoms. The van der Waals surface area contributed by atoms with Crippen LogP contribution in [0.4, 0.5) is 5.82 Å². The molecular weight excluding hydrogens is 210 g/mol. The van der Waals surface area contributed by atoms with E-state index in [4.69, 9.17) is 0 Å². The van der Waals surface area contributed by atoms with Gasteiger partial charge in [0.25, 0.3) is 5.91 Å². The van der Waals surface area contributed by atoms with Gasteiger partial charge < -0.3 is 15.0 Å². The maximum Gasteiger partial charge on any atom is 0.323 e. The highest BCUT2D eigenvalue weighted by Gasteiger charge is 2.23. The van der Waals surface area contributed by atoms with Gasteiger partial charge in [0.2, 0.25) is 0 Å². The van der Waals surface area contributed by atoms with Crippen LogP contribution in [-0.4, -0.2) is 33.4 Å². The van der Waals surface area contributed by atoms with Crippen LogP contribution in [0.1, 0.15) is 24.3 Å². The van der Waals surface area contributed by atoms with E-state index in [0.717, 1.165) is 0 Å². The van der Waals surface area contributed by atoms with Crippen LogP contribution >= 0.6 is 0 Å². The molecule has 16 heavy (non-hydrogen) atoms. The van der Waals surface area contributed by atoms with Crippen molar-refractivity contribution in [3.05, 3.63) is 27.9 Å². The van der Waals surface area contributed by atoms with Gasteiger partial charge in [-0.3, -0.25) is 4.79 Å². The van der Waals surface area contributed by atoms with Crippen molar-refractivity contribution in [3.8, 4) is 0 Å². The highest BCUT2D eigenvalue weighted by Crippen LogP contribution is 2.16. The average Bonchev–Trinajstić information content (AvgIpc) is 2.61. The lowest BCUT2D eigenvalue weighted by atomic mass is 10.3. The molecule has 0 aliphatic carbocycles.